The van der Waals surface area contributed by atoms with E-state index in [2.05, 4.69) is 29.1 Å². The van der Waals surface area contributed by atoms with Gasteiger partial charge in [-0.15, -0.1) is 0 Å². The molecule has 0 saturated carbocycles. The van der Waals surface area contributed by atoms with E-state index in [1.807, 2.05) is 19.4 Å². The van der Waals surface area contributed by atoms with Gasteiger partial charge in [0.1, 0.15) is 5.82 Å². The highest BCUT2D eigenvalue weighted by Gasteiger charge is 1.99. The molecule has 0 bridgehead atoms. The van der Waals surface area contributed by atoms with Crippen LogP contribution in [0.25, 0.3) is 0 Å². The molecule has 12 heavy (non-hydrogen) atoms. The third kappa shape index (κ3) is 2.27. The lowest BCUT2D eigenvalue weighted by Crippen LogP contribution is -2.09. The molecule has 0 aliphatic heterocycles. The van der Waals surface area contributed by atoms with Crippen LogP contribution in [0.1, 0.15) is 31.2 Å². The Morgan fingerprint density at radius 3 is 2.33 bits per heavy atom. The van der Waals surface area contributed by atoms with Crippen molar-refractivity contribution in [2.45, 2.75) is 26.3 Å². The molecule has 0 radical (unpaired) electrons. The number of hydrogen-bond acceptors (Lipinski definition) is 3. The summed E-state index contributed by atoms with van der Waals surface area (Å²) in [5.74, 6) is 1.36. The summed E-state index contributed by atoms with van der Waals surface area (Å²) in [6, 6.07) is 0. The van der Waals surface area contributed by atoms with Crippen molar-refractivity contribution in [3.05, 3.63) is 23.8 Å². The molecule has 0 amide bonds. The lowest BCUT2D eigenvalue weighted by molar-refractivity contribution is 0.745. The van der Waals surface area contributed by atoms with Gasteiger partial charge >= 0.3 is 0 Å². The molecule has 0 unspecified atom stereocenters. The molecule has 0 aliphatic rings. The van der Waals surface area contributed by atoms with Gasteiger partial charge < -0.3 is 5.32 Å². The highest BCUT2D eigenvalue weighted by atomic mass is 14.9. The molecule has 3 heteroatoms. The minimum absolute atomic E-state index is 0.508. The zero-order valence-corrected chi connectivity index (χ0v) is 7.83. The van der Waals surface area contributed by atoms with Crippen molar-refractivity contribution in [1.29, 1.82) is 0 Å². The summed E-state index contributed by atoms with van der Waals surface area (Å²) in [6.07, 6.45) is 3.79. The van der Waals surface area contributed by atoms with Gasteiger partial charge in [-0.05, 0) is 18.5 Å². The van der Waals surface area contributed by atoms with Gasteiger partial charge in [0.25, 0.3) is 0 Å². The molecular formula is C9H15N3. The Hall–Kier alpha value is -0.960. The van der Waals surface area contributed by atoms with E-state index in [9.17, 15) is 0 Å². The average molecular weight is 165 g/mol. The van der Waals surface area contributed by atoms with Gasteiger partial charge in [-0.25, -0.2) is 9.97 Å². The second-order valence-electron chi connectivity index (χ2n) is 3.12. The van der Waals surface area contributed by atoms with Crippen molar-refractivity contribution in [3.8, 4) is 0 Å². The molecule has 0 atom stereocenters. The van der Waals surface area contributed by atoms with Crippen molar-refractivity contribution in [2.75, 3.05) is 7.05 Å². The molecule has 1 rings (SSSR count). The number of nitrogens with one attached hydrogen (secondary N) is 1. The second kappa shape index (κ2) is 4.16. The summed E-state index contributed by atoms with van der Waals surface area (Å²) in [4.78, 5) is 8.43. The van der Waals surface area contributed by atoms with Crippen LogP contribution in [0.3, 0.4) is 0 Å². The van der Waals surface area contributed by atoms with Crippen LogP contribution in [0.4, 0.5) is 0 Å². The van der Waals surface area contributed by atoms with Crippen LogP contribution in [-0.4, -0.2) is 17.0 Å². The number of hydrogen-bond donors (Lipinski definition) is 1. The Kier molecular flexibility index (Phi) is 3.17. The van der Waals surface area contributed by atoms with Crippen LogP contribution in [0, 0.1) is 0 Å². The standard InChI is InChI=1S/C9H15N3/c1-7(2)8-4-11-9(6-10-3)12-5-8/h4-5,7,10H,6H2,1-3H3. The summed E-state index contributed by atoms with van der Waals surface area (Å²) in [5.41, 5.74) is 1.19. The van der Waals surface area contributed by atoms with Crippen molar-refractivity contribution in [2.24, 2.45) is 0 Å². The van der Waals surface area contributed by atoms with Gasteiger partial charge in [-0.2, -0.15) is 0 Å². The summed E-state index contributed by atoms with van der Waals surface area (Å²) >= 11 is 0. The highest BCUT2D eigenvalue weighted by Crippen LogP contribution is 2.10. The van der Waals surface area contributed by atoms with Crippen LogP contribution in [-0.2, 0) is 6.54 Å². The average Bonchev–Trinajstić information content (AvgIpc) is 2.06. The van der Waals surface area contributed by atoms with Gasteiger partial charge in [0.15, 0.2) is 0 Å². The lowest BCUT2D eigenvalue weighted by atomic mass is 10.1. The third-order valence-corrected chi connectivity index (χ3v) is 1.73. The normalized spacial score (nSPS) is 10.7. The largest absolute Gasteiger partial charge is 0.313 e. The Labute approximate surface area is 73.2 Å². The maximum Gasteiger partial charge on any atom is 0.141 e. The molecule has 1 aromatic rings. The fraction of sp³-hybridized carbons (Fsp3) is 0.556. The smallest absolute Gasteiger partial charge is 0.141 e. The molecule has 0 fully saturated rings. The van der Waals surface area contributed by atoms with E-state index >= 15 is 0 Å². The summed E-state index contributed by atoms with van der Waals surface area (Å²) in [7, 11) is 1.89. The van der Waals surface area contributed by atoms with E-state index in [-0.39, 0.29) is 0 Å². The quantitative estimate of drug-likeness (QED) is 0.734. The predicted octanol–water partition coefficient (Wildman–Crippen LogP) is 1.32. The van der Waals surface area contributed by atoms with Gasteiger partial charge in [-0.3, -0.25) is 0 Å². The Balaban J connectivity index is 2.71. The van der Waals surface area contributed by atoms with Crippen LogP contribution in [0.15, 0.2) is 12.4 Å². The molecule has 1 N–H and O–H groups in total. The molecule has 0 spiro atoms. The number of aromatic nitrogens is 2. The van der Waals surface area contributed by atoms with Crippen molar-refractivity contribution < 1.29 is 0 Å². The zero-order chi connectivity index (χ0) is 8.97. The minimum atomic E-state index is 0.508. The predicted molar refractivity (Wildman–Crippen MR) is 48.9 cm³/mol. The molecule has 1 aromatic heterocycles. The van der Waals surface area contributed by atoms with E-state index in [0.717, 1.165) is 12.4 Å². The molecule has 0 aromatic carbocycles. The first-order valence-corrected chi connectivity index (χ1v) is 4.19. The Morgan fingerprint density at radius 1 is 1.33 bits per heavy atom. The van der Waals surface area contributed by atoms with E-state index in [1.165, 1.54) is 5.56 Å². The summed E-state index contributed by atoms with van der Waals surface area (Å²) in [5, 5.41) is 3.01. The van der Waals surface area contributed by atoms with Gasteiger partial charge in [0.2, 0.25) is 0 Å². The molecule has 3 nitrogen and oxygen atoms in total. The summed E-state index contributed by atoms with van der Waals surface area (Å²) < 4.78 is 0. The fourth-order valence-corrected chi connectivity index (χ4v) is 0.912. The van der Waals surface area contributed by atoms with E-state index in [4.69, 9.17) is 0 Å². The lowest BCUT2D eigenvalue weighted by Gasteiger charge is -2.04. The molecular weight excluding hydrogens is 150 g/mol. The first kappa shape index (κ1) is 9.13. The first-order valence-electron chi connectivity index (χ1n) is 4.19. The molecule has 66 valence electrons. The van der Waals surface area contributed by atoms with Crippen LogP contribution < -0.4 is 5.32 Å². The number of rotatable bonds is 3. The monoisotopic (exact) mass is 165 g/mol. The minimum Gasteiger partial charge on any atom is -0.313 e. The molecule has 1 heterocycles. The van der Waals surface area contributed by atoms with Gasteiger partial charge in [0, 0.05) is 12.4 Å². The van der Waals surface area contributed by atoms with Crippen LogP contribution >= 0.6 is 0 Å². The maximum atomic E-state index is 4.22. The highest BCUT2D eigenvalue weighted by molar-refractivity contribution is 5.09. The van der Waals surface area contributed by atoms with Crippen molar-refractivity contribution in [1.82, 2.24) is 15.3 Å². The Bertz CT molecular complexity index is 228. The molecule has 0 saturated heterocycles. The van der Waals surface area contributed by atoms with Gasteiger partial charge in [0.05, 0.1) is 6.54 Å². The Morgan fingerprint density at radius 2 is 1.92 bits per heavy atom. The first-order chi connectivity index (χ1) is 5.74. The van der Waals surface area contributed by atoms with Crippen LogP contribution in [0.2, 0.25) is 0 Å². The summed E-state index contributed by atoms with van der Waals surface area (Å²) in [6.45, 7) is 5.01. The third-order valence-electron chi connectivity index (χ3n) is 1.73. The van der Waals surface area contributed by atoms with E-state index in [1.54, 1.807) is 0 Å². The van der Waals surface area contributed by atoms with Crippen molar-refractivity contribution in [3.63, 3.8) is 0 Å². The fourth-order valence-electron chi connectivity index (χ4n) is 0.912. The number of nitrogens with zero attached hydrogens (tertiary/aromatic N) is 2. The van der Waals surface area contributed by atoms with Gasteiger partial charge in [-0.1, -0.05) is 13.8 Å². The van der Waals surface area contributed by atoms with E-state index in [0.29, 0.717) is 5.92 Å². The van der Waals surface area contributed by atoms with Crippen LogP contribution in [0.5, 0.6) is 0 Å². The molecule has 0 aliphatic carbocycles. The maximum absolute atomic E-state index is 4.22. The van der Waals surface area contributed by atoms with Crippen molar-refractivity contribution >= 4 is 0 Å². The van der Waals surface area contributed by atoms with E-state index < -0.39 is 0 Å². The SMILES string of the molecule is CNCc1ncc(C(C)C)cn1. The zero-order valence-electron chi connectivity index (χ0n) is 7.83. The second-order valence-corrected chi connectivity index (χ2v) is 3.12. The topological polar surface area (TPSA) is 37.8 Å².